The second-order valence-corrected chi connectivity index (χ2v) is 7.47. The van der Waals surface area contributed by atoms with Crippen molar-refractivity contribution in [2.24, 2.45) is 5.92 Å². The van der Waals surface area contributed by atoms with Gasteiger partial charge in [0.1, 0.15) is 11.4 Å². The summed E-state index contributed by atoms with van der Waals surface area (Å²) >= 11 is 0. The van der Waals surface area contributed by atoms with Gasteiger partial charge in [-0.2, -0.15) is 10.2 Å². The van der Waals surface area contributed by atoms with E-state index in [-0.39, 0.29) is 11.7 Å². The molecule has 7 heteroatoms. The molecule has 0 aliphatic carbocycles. The molecular weight excluding hydrogens is 380 g/mol. The van der Waals surface area contributed by atoms with Crippen LogP contribution in [-0.2, 0) is 17.7 Å². The summed E-state index contributed by atoms with van der Waals surface area (Å²) < 4.78 is 12.9. The standard InChI is InChI=1S/C23H22N4O3/c1-29-9-8-27-20-11-15(18-12-24-25-13-18)6-7-19(20)22(26-27)23(28)17-10-16-4-2-3-5-21(16)30-14-17/h2-7,11-13,17H,8-10,14H2,1H3,(H,24,25). The molecule has 3 heterocycles. The molecule has 1 unspecified atom stereocenters. The van der Waals surface area contributed by atoms with Crippen LogP contribution in [0.3, 0.4) is 0 Å². The number of benzene rings is 2. The van der Waals surface area contributed by atoms with Crippen LogP contribution in [0.5, 0.6) is 5.75 Å². The Hall–Kier alpha value is -3.45. The van der Waals surface area contributed by atoms with Crippen LogP contribution >= 0.6 is 0 Å². The SMILES string of the molecule is COCCn1nc(C(=O)C2COc3ccccc3C2)c2ccc(-c3cn[nH]c3)cc21. The zero-order valence-electron chi connectivity index (χ0n) is 16.7. The highest BCUT2D eigenvalue weighted by Gasteiger charge is 2.30. The van der Waals surface area contributed by atoms with E-state index in [0.29, 0.717) is 31.9 Å². The van der Waals surface area contributed by atoms with Crippen molar-refractivity contribution in [3.63, 3.8) is 0 Å². The van der Waals surface area contributed by atoms with Gasteiger partial charge in [-0.05, 0) is 35.7 Å². The molecule has 1 atom stereocenters. The zero-order chi connectivity index (χ0) is 20.5. The van der Waals surface area contributed by atoms with Crippen molar-refractivity contribution in [3.8, 4) is 16.9 Å². The highest BCUT2D eigenvalue weighted by molar-refractivity contribution is 6.08. The average Bonchev–Trinajstić information content (AvgIpc) is 3.45. The summed E-state index contributed by atoms with van der Waals surface area (Å²) in [6, 6.07) is 13.9. The van der Waals surface area contributed by atoms with Crippen molar-refractivity contribution in [1.82, 2.24) is 20.0 Å². The molecule has 30 heavy (non-hydrogen) atoms. The van der Waals surface area contributed by atoms with Crippen LogP contribution in [0.2, 0.25) is 0 Å². The number of H-pyrrole nitrogens is 1. The van der Waals surface area contributed by atoms with Crippen molar-refractivity contribution in [2.75, 3.05) is 20.3 Å². The van der Waals surface area contributed by atoms with Crippen LogP contribution in [0.4, 0.5) is 0 Å². The minimum absolute atomic E-state index is 0.0155. The van der Waals surface area contributed by atoms with Crippen LogP contribution in [-0.4, -0.2) is 46.1 Å². The number of nitrogens with one attached hydrogen (secondary N) is 1. The number of para-hydroxylation sites is 1. The summed E-state index contributed by atoms with van der Waals surface area (Å²) in [4.78, 5) is 13.4. The largest absolute Gasteiger partial charge is 0.493 e. The summed E-state index contributed by atoms with van der Waals surface area (Å²) in [5.41, 5.74) is 4.47. The van der Waals surface area contributed by atoms with Gasteiger partial charge in [0.25, 0.3) is 0 Å². The number of ether oxygens (including phenoxy) is 2. The number of carbonyl (C=O) groups is 1. The van der Waals surface area contributed by atoms with Crippen LogP contribution in [0.15, 0.2) is 54.9 Å². The molecule has 152 valence electrons. The van der Waals surface area contributed by atoms with Crippen molar-refractivity contribution in [3.05, 3.63) is 66.1 Å². The Labute approximate surface area is 173 Å². The molecule has 1 N–H and O–H groups in total. The quantitative estimate of drug-likeness (QED) is 0.499. The molecule has 0 saturated carbocycles. The van der Waals surface area contributed by atoms with Crippen molar-refractivity contribution in [2.45, 2.75) is 13.0 Å². The van der Waals surface area contributed by atoms with E-state index in [1.807, 2.05) is 53.3 Å². The number of rotatable bonds is 6. The summed E-state index contributed by atoms with van der Waals surface area (Å²) in [6.07, 6.45) is 4.29. The van der Waals surface area contributed by atoms with Gasteiger partial charge in [-0.1, -0.05) is 24.3 Å². The molecule has 1 aliphatic rings. The summed E-state index contributed by atoms with van der Waals surface area (Å²) in [6.45, 7) is 1.45. The maximum absolute atomic E-state index is 13.4. The second-order valence-electron chi connectivity index (χ2n) is 7.47. The molecule has 0 spiro atoms. The molecule has 0 fully saturated rings. The minimum Gasteiger partial charge on any atom is -0.493 e. The summed E-state index contributed by atoms with van der Waals surface area (Å²) in [5, 5.41) is 12.4. The first-order valence-electron chi connectivity index (χ1n) is 9.98. The number of fused-ring (bicyclic) bond motifs is 2. The van der Waals surface area contributed by atoms with Gasteiger partial charge in [0, 0.05) is 24.3 Å². The number of methoxy groups -OCH3 is 1. The Morgan fingerprint density at radius 2 is 2.17 bits per heavy atom. The van der Waals surface area contributed by atoms with Gasteiger partial charge >= 0.3 is 0 Å². The van der Waals surface area contributed by atoms with Gasteiger partial charge in [0.2, 0.25) is 0 Å². The molecule has 4 aromatic rings. The van der Waals surface area contributed by atoms with Gasteiger partial charge in [-0.3, -0.25) is 14.6 Å². The van der Waals surface area contributed by atoms with E-state index < -0.39 is 0 Å². The molecule has 2 aromatic carbocycles. The fraction of sp³-hybridized carbons (Fsp3) is 0.261. The van der Waals surface area contributed by atoms with Crippen LogP contribution in [0.25, 0.3) is 22.0 Å². The van der Waals surface area contributed by atoms with Crippen LogP contribution in [0, 0.1) is 5.92 Å². The zero-order valence-corrected chi connectivity index (χ0v) is 16.7. The fourth-order valence-electron chi connectivity index (χ4n) is 3.98. The van der Waals surface area contributed by atoms with E-state index in [9.17, 15) is 4.79 Å². The number of aromatic nitrogens is 4. The monoisotopic (exact) mass is 402 g/mol. The lowest BCUT2D eigenvalue weighted by molar-refractivity contribution is 0.0850. The summed E-state index contributed by atoms with van der Waals surface area (Å²) in [5.74, 6) is 0.631. The topological polar surface area (TPSA) is 82.0 Å². The lowest BCUT2D eigenvalue weighted by atomic mass is 9.91. The van der Waals surface area contributed by atoms with Gasteiger partial charge in [-0.25, -0.2) is 0 Å². The predicted molar refractivity (Wildman–Crippen MR) is 113 cm³/mol. The summed E-state index contributed by atoms with van der Waals surface area (Å²) in [7, 11) is 1.66. The Morgan fingerprint density at radius 1 is 1.27 bits per heavy atom. The average molecular weight is 402 g/mol. The predicted octanol–water partition coefficient (Wildman–Crippen LogP) is 3.51. The number of ketones is 1. The molecule has 1 aliphatic heterocycles. The van der Waals surface area contributed by atoms with E-state index >= 15 is 0 Å². The Balaban J connectivity index is 1.53. The van der Waals surface area contributed by atoms with Gasteiger partial charge in [0.05, 0.1) is 37.4 Å². The van der Waals surface area contributed by atoms with E-state index in [2.05, 4.69) is 15.3 Å². The number of carbonyl (C=O) groups excluding carboxylic acids is 1. The number of nitrogens with zero attached hydrogens (tertiary/aromatic N) is 3. The third kappa shape index (κ3) is 3.27. The smallest absolute Gasteiger partial charge is 0.190 e. The van der Waals surface area contributed by atoms with Gasteiger partial charge in [0.15, 0.2) is 5.78 Å². The van der Waals surface area contributed by atoms with Gasteiger partial charge in [-0.15, -0.1) is 0 Å². The highest BCUT2D eigenvalue weighted by Crippen LogP contribution is 2.31. The van der Waals surface area contributed by atoms with E-state index in [1.54, 1.807) is 13.3 Å². The first kappa shape index (κ1) is 18.6. The third-order valence-electron chi connectivity index (χ3n) is 5.57. The van der Waals surface area contributed by atoms with E-state index in [0.717, 1.165) is 33.3 Å². The third-order valence-corrected chi connectivity index (χ3v) is 5.57. The Morgan fingerprint density at radius 3 is 3.00 bits per heavy atom. The molecular formula is C23H22N4O3. The molecule has 2 aromatic heterocycles. The van der Waals surface area contributed by atoms with Gasteiger partial charge < -0.3 is 9.47 Å². The molecule has 0 amide bonds. The fourth-order valence-corrected chi connectivity index (χ4v) is 3.98. The Kier molecular flexibility index (Phi) is 4.80. The first-order chi connectivity index (χ1) is 14.7. The van der Waals surface area contributed by atoms with Crippen LogP contribution in [0.1, 0.15) is 16.1 Å². The lowest BCUT2D eigenvalue weighted by Gasteiger charge is -2.23. The molecule has 0 bridgehead atoms. The first-order valence-corrected chi connectivity index (χ1v) is 9.98. The maximum Gasteiger partial charge on any atom is 0.190 e. The number of hydrogen-bond acceptors (Lipinski definition) is 5. The highest BCUT2D eigenvalue weighted by atomic mass is 16.5. The molecule has 7 nitrogen and oxygen atoms in total. The Bertz CT molecular complexity index is 1200. The maximum atomic E-state index is 13.4. The normalized spacial score (nSPS) is 15.7. The van der Waals surface area contributed by atoms with Crippen molar-refractivity contribution in [1.29, 1.82) is 0 Å². The second kappa shape index (κ2) is 7.76. The number of Topliss-reactive ketones (excluding diaryl/α,β-unsaturated/α-hetero) is 1. The van der Waals surface area contributed by atoms with Crippen molar-refractivity contribution < 1.29 is 14.3 Å². The number of aromatic amines is 1. The van der Waals surface area contributed by atoms with Crippen LogP contribution < -0.4 is 4.74 Å². The molecule has 5 rings (SSSR count). The number of hydrogen-bond donors (Lipinski definition) is 1. The molecule has 0 radical (unpaired) electrons. The van der Waals surface area contributed by atoms with Crippen molar-refractivity contribution >= 4 is 16.7 Å². The molecule has 0 saturated heterocycles. The van der Waals surface area contributed by atoms with E-state index in [4.69, 9.17) is 9.47 Å². The lowest BCUT2D eigenvalue weighted by Crippen LogP contribution is -2.28. The van der Waals surface area contributed by atoms with E-state index in [1.165, 1.54) is 0 Å². The minimum atomic E-state index is -0.248.